The summed E-state index contributed by atoms with van der Waals surface area (Å²) in [5, 5.41) is 19.6. The second kappa shape index (κ2) is 12.9. The first-order chi connectivity index (χ1) is 13.4. The van der Waals surface area contributed by atoms with Gasteiger partial charge >= 0.3 is 6.61 Å². The van der Waals surface area contributed by atoms with E-state index in [9.17, 15) is 13.9 Å². The van der Waals surface area contributed by atoms with Crippen molar-refractivity contribution in [3.05, 3.63) is 45.9 Å². The smallest absolute Gasteiger partial charge is 0.387 e. The number of nitrogens with one attached hydrogen (secondary N) is 2. The average molecular weight is 540 g/mol. The summed E-state index contributed by atoms with van der Waals surface area (Å²) >= 11 is 1.62. The normalized spacial score (nSPS) is 12.6. The topological polar surface area (TPSA) is 78.8 Å². The third kappa shape index (κ3) is 8.79. The summed E-state index contributed by atoms with van der Waals surface area (Å²) in [6.07, 6.45) is -0.823. The van der Waals surface area contributed by atoms with Crippen LogP contribution in [0.5, 0.6) is 5.75 Å². The zero-order valence-electron chi connectivity index (χ0n) is 16.6. The molecule has 0 aliphatic carbocycles. The number of aliphatic hydroxyl groups is 1. The Kier molecular flexibility index (Phi) is 11.4. The molecule has 1 aromatic heterocycles. The monoisotopic (exact) mass is 540 g/mol. The van der Waals surface area contributed by atoms with Crippen LogP contribution < -0.4 is 15.4 Å². The van der Waals surface area contributed by atoms with E-state index in [2.05, 4.69) is 39.2 Å². The number of ether oxygens (including phenoxy) is 1. The molecule has 6 nitrogen and oxygen atoms in total. The molecule has 0 bridgehead atoms. The minimum absolute atomic E-state index is 0. The molecule has 1 unspecified atom stereocenters. The molecule has 0 aliphatic heterocycles. The minimum atomic E-state index is -2.87. The standard InChI is InChI=1S/C19H26F2N4O2S.HI/c1-4-22-19(23-9-14-11-28-17(25-14)12(2)3)24-10-16(26)13-5-7-15(8-6-13)27-18(20)21;/h5-8,11-12,16,18,26H,4,9-10H2,1-3H3,(H2,22,23,24);1H. The maximum Gasteiger partial charge on any atom is 0.387 e. The first-order valence-electron chi connectivity index (χ1n) is 9.08. The van der Waals surface area contributed by atoms with E-state index >= 15 is 0 Å². The largest absolute Gasteiger partial charge is 0.435 e. The lowest BCUT2D eigenvalue weighted by molar-refractivity contribution is -0.0498. The van der Waals surface area contributed by atoms with Crippen molar-refractivity contribution in [1.29, 1.82) is 0 Å². The Morgan fingerprint density at radius 1 is 1.24 bits per heavy atom. The SMILES string of the molecule is CCNC(=NCc1csc(C(C)C)n1)NCC(O)c1ccc(OC(F)F)cc1.I. The van der Waals surface area contributed by atoms with Gasteiger partial charge in [-0.25, -0.2) is 9.98 Å². The van der Waals surface area contributed by atoms with Gasteiger partial charge in [0.1, 0.15) is 5.75 Å². The molecule has 0 radical (unpaired) electrons. The van der Waals surface area contributed by atoms with Crippen molar-refractivity contribution >= 4 is 41.3 Å². The van der Waals surface area contributed by atoms with Gasteiger partial charge in [0.05, 0.1) is 23.4 Å². The Morgan fingerprint density at radius 3 is 2.48 bits per heavy atom. The fraction of sp³-hybridized carbons (Fsp3) is 0.474. The molecule has 0 saturated heterocycles. The number of hydrogen-bond donors (Lipinski definition) is 3. The summed E-state index contributed by atoms with van der Waals surface area (Å²) in [5.41, 5.74) is 1.49. The van der Waals surface area contributed by atoms with Crippen molar-refractivity contribution in [1.82, 2.24) is 15.6 Å². The van der Waals surface area contributed by atoms with E-state index in [1.807, 2.05) is 12.3 Å². The van der Waals surface area contributed by atoms with E-state index in [1.54, 1.807) is 23.5 Å². The predicted molar refractivity (Wildman–Crippen MR) is 122 cm³/mol. The van der Waals surface area contributed by atoms with Gasteiger partial charge in [-0.3, -0.25) is 0 Å². The van der Waals surface area contributed by atoms with Crippen molar-refractivity contribution in [3.63, 3.8) is 0 Å². The van der Waals surface area contributed by atoms with Gasteiger partial charge in [-0.2, -0.15) is 8.78 Å². The molecule has 2 rings (SSSR count). The molecule has 29 heavy (non-hydrogen) atoms. The zero-order chi connectivity index (χ0) is 20.5. The van der Waals surface area contributed by atoms with Crippen LogP contribution in [0.1, 0.15) is 49.1 Å². The number of aliphatic imine (C=N–C) groups is 1. The Bertz CT molecular complexity index is 757. The average Bonchev–Trinajstić information content (AvgIpc) is 3.13. The number of hydrogen-bond acceptors (Lipinski definition) is 5. The van der Waals surface area contributed by atoms with Crippen LogP contribution in [0.2, 0.25) is 0 Å². The van der Waals surface area contributed by atoms with Crippen molar-refractivity contribution in [2.24, 2.45) is 4.99 Å². The Labute approximate surface area is 190 Å². The van der Waals surface area contributed by atoms with Crippen LogP contribution in [0.25, 0.3) is 0 Å². The molecule has 2 aromatic rings. The third-order valence-electron chi connectivity index (χ3n) is 3.76. The summed E-state index contributed by atoms with van der Waals surface area (Å²) in [6.45, 7) is 4.62. The van der Waals surface area contributed by atoms with Gasteiger partial charge in [-0.1, -0.05) is 26.0 Å². The van der Waals surface area contributed by atoms with Gasteiger partial charge in [-0.05, 0) is 24.6 Å². The fourth-order valence-corrected chi connectivity index (χ4v) is 3.17. The third-order valence-corrected chi connectivity index (χ3v) is 4.95. The van der Waals surface area contributed by atoms with Gasteiger partial charge in [0.25, 0.3) is 0 Å². The van der Waals surface area contributed by atoms with E-state index in [4.69, 9.17) is 0 Å². The maximum absolute atomic E-state index is 12.2. The quantitative estimate of drug-likeness (QED) is 0.252. The molecule has 0 aliphatic rings. The number of rotatable bonds is 9. The van der Waals surface area contributed by atoms with Gasteiger partial charge in [0.15, 0.2) is 5.96 Å². The second-order valence-corrected chi connectivity index (χ2v) is 7.26. The number of nitrogens with zero attached hydrogens (tertiary/aromatic N) is 2. The molecule has 10 heteroatoms. The van der Waals surface area contributed by atoms with Crippen molar-refractivity contribution in [3.8, 4) is 5.75 Å². The highest BCUT2D eigenvalue weighted by Crippen LogP contribution is 2.20. The van der Waals surface area contributed by atoms with Crippen LogP contribution in [0.3, 0.4) is 0 Å². The first-order valence-corrected chi connectivity index (χ1v) is 9.96. The molecule has 162 valence electrons. The molecule has 0 fully saturated rings. The number of halogens is 3. The van der Waals surface area contributed by atoms with Crippen molar-refractivity contribution < 1.29 is 18.6 Å². The molecule has 3 N–H and O–H groups in total. The van der Waals surface area contributed by atoms with Crippen LogP contribution in [0.4, 0.5) is 8.78 Å². The highest BCUT2D eigenvalue weighted by molar-refractivity contribution is 14.0. The van der Waals surface area contributed by atoms with E-state index in [0.29, 0.717) is 30.5 Å². The van der Waals surface area contributed by atoms with Crippen LogP contribution >= 0.6 is 35.3 Å². The molecule has 1 heterocycles. The predicted octanol–water partition coefficient (Wildman–Crippen LogP) is 4.27. The van der Waals surface area contributed by atoms with Gasteiger partial charge in [0, 0.05) is 24.4 Å². The Morgan fingerprint density at radius 2 is 1.93 bits per heavy atom. The zero-order valence-corrected chi connectivity index (χ0v) is 19.7. The van der Waals surface area contributed by atoms with Gasteiger partial charge in [-0.15, -0.1) is 35.3 Å². The highest BCUT2D eigenvalue weighted by atomic mass is 127. The first kappa shape index (κ1) is 25.5. The van der Waals surface area contributed by atoms with Crippen LogP contribution in [-0.2, 0) is 6.54 Å². The molecule has 0 spiro atoms. The Balaban J connectivity index is 0.00000420. The molecule has 1 aromatic carbocycles. The molecular weight excluding hydrogens is 513 g/mol. The number of benzene rings is 1. The number of guanidine groups is 1. The molecular formula is C19H27F2IN4O2S. The minimum Gasteiger partial charge on any atom is -0.435 e. The molecule has 0 saturated carbocycles. The number of aliphatic hydroxyl groups excluding tert-OH is 1. The van der Waals surface area contributed by atoms with E-state index in [-0.39, 0.29) is 36.3 Å². The summed E-state index contributed by atoms with van der Waals surface area (Å²) in [5.74, 6) is 1.01. The van der Waals surface area contributed by atoms with E-state index in [1.165, 1.54) is 12.1 Å². The fourth-order valence-electron chi connectivity index (χ4n) is 2.34. The van der Waals surface area contributed by atoms with Crippen LogP contribution in [-0.4, -0.2) is 35.8 Å². The summed E-state index contributed by atoms with van der Waals surface area (Å²) in [4.78, 5) is 9.05. The summed E-state index contributed by atoms with van der Waals surface area (Å²) in [6, 6.07) is 5.91. The van der Waals surface area contributed by atoms with Crippen molar-refractivity contribution in [2.45, 2.75) is 45.9 Å². The lowest BCUT2D eigenvalue weighted by Gasteiger charge is -2.16. The lowest BCUT2D eigenvalue weighted by atomic mass is 10.1. The second-order valence-electron chi connectivity index (χ2n) is 6.37. The highest BCUT2D eigenvalue weighted by Gasteiger charge is 2.11. The van der Waals surface area contributed by atoms with Gasteiger partial charge in [0.2, 0.25) is 0 Å². The summed E-state index contributed by atoms with van der Waals surface area (Å²) in [7, 11) is 0. The lowest BCUT2D eigenvalue weighted by Crippen LogP contribution is -2.39. The Hall–Kier alpha value is -1.53. The van der Waals surface area contributed by atoms with Crippen LogP contribution in [0.15, 0.2) is 34.6 Å². The summed E-state index contributed by atoms with van der Waals surface area (Å²) < 4.78 is 28.7. The molecule has 0 amide bonds. The van der Waals surface area contributed by atoms with Crippen LogP contribution in [0, 0.1) is 0 Å². The maximum atomic E-state index is 12.2. The van der Waals surface area contributed by atoms with E-state index in [0.717, 1.165) is 10.7 Å². The van der Waals surface area contributed by atoms with Gasteiger partial charge < -0.3 is 20.5 Å². The van der Waals surface area contributed by atoms with Crippen molar-refractivity contribution in [2.75, 3.05) is 13.1 Å². The van der Waals surface area contributed by atoms with E-state index < -0.39 is 12.7 Å². The number of aromatic nitrogens is 1. The number of alkyl halides is 2. The molecule has 1 atom stereocenters. The number of thiazole rings is 1.